The number of furan rings is 2. The lowest BCUT2D eigenvalue weighted by atomic mass is 10.00. The zero-order valence-electron chi connectivity index (χ0n) is 12.4. The molecule has 0 atom stereocenters. The van der Waals surface area contributed by atoms with Crippen LogP contribution in [0.2, 0.25) is 0 Å². The molecule has 0 fully saturated rings. The topological polar surface area (TPSA) is 69.7 Å². The second-order valence-electron chi connectivity index (χ2n) is 4.48. The van der Waals surface area contributed by atoms with E-state index >= 15 is 0 Å². The average Bonchev–Trinajstić information content (AvgIpc) is 3.17. The van der Waals surface area contributed by atoms with Crippen LogP contribution in [-0.2, 0) is 9.53 Å². The SMILES string of the molecule is C=Cc1occc1/C(=C\C)c1coc(C(=O)CC(=O)OC)c1. The summed E-state index contributed by atoms with van der Waals surface area (Å²) < 4.78 is 15.1. The molecule has 22 heavy (non-hydrogen) atoms. The molecule has 0 amide bonds. The Balaban J connectivity index is 2.28. The van der Waals surface area contributed by atoms with Gasteiger partial charge in [-0.1, -0.05) is 12.7 Å². The number of hydrogen-bond donors (Lipinski definition) is 0. The van der Waals surface area contributed by atoms with Crippen molar-refractivity contribution in [2.24, 2.45) is 0 Å². The Bertz CT molecular complexity index is 730. The summed E-state index contributed by atoms with van der Waals surface area (Å²) in [5, 5.41) is 0. The lowest BCUT2D eigenvalue weighted by molar-refractivity contribution is -0.139. The molecule has 0 unspecified atom stereocenters. The predicted octanol–water partition coefficient (Wildman–Crippen LogP) is 3.71. The molecule has 0 saturated carbocycles. The molecule has 0 aliphatic carbocycles. The minimum Gasteiger partial charge on any atom is -0.469 e. The number of Topliss-reactive ketones (excluding diaryl/α,β-unsaturated/α-hetero) is 1. The molecular weight excluding hydrogens is 284 g/mol. The molecule has 2 heterocycles. The normalized spacial score (nSPS) is 11.3. The van der Waals surface area contributed by atoms with Crippen LogP contribution in [0, 0.1) is 0 Å². The van der Waals surface area contributed by atoms with E-state index in [9.17, 15) is 9.59 Å². The van der Waals surface area contributed by atoms with Crippen molar-refractivity contribution < 1.29 is 23.2 Å². The minimum atomic E-state index is -0.599. The van der Waals surface area contributed by atoms with E-state index in [1.165, 1.54) is 13.4 Å². The zero-order chi connectivity index (χ0) is 16.1. The fourth-order valence-corrected chi connectivity index (χ4v) is 2.09. The second-order valence-corrected chi connectivity index (χ2v) is 4.48. The lowest BCUT2D eigenvalue weighted by Gasteiger charge is -2.02. The fraction of sp³-hybridized carbons (Fsp3) is 0.176. The number of allylic oxidation sites excluding steroid dienone is 1. The van der Waals surface area contributed by atoms with Crippen molar-refractivity contribution in [2.45, 2.75) is 13.3 Å². The number of carbonyl (C=O) groups is 2. The molecule has 0 saturated heterocycles. The van der Waals surface area contributed by atoms with Crippen LogP contribution in [0.1, 0.15) is 40.8 Å². The summed E-state index contributed by atoms with van der Waals surface area (Å²) in [6.45, 7) is 5.57. The molecule has 2 rings (SSSR count). The van der Waals surface area contributed by atoms with Crippen LogP contribution in [-0.4, -0.2) is 18.9 Å². The first kappa shape index (κ1) is 15.6. The second kappa shape index (κ2) is 6.76. The number of esters is 1. The fourth-order valence-electron chi connectivity index (χ4n) is 2.09. The maximum atomic E-state index is 11.9. The summed E-state index contributed by atoms with van der Waals surface area (Å²) in [7, 11) is 1.23. The zero-order valence-corrected chi connectivity index (χ0v) is 12.4. The molecule has 2 aromatic heterocycles. The molecule has 0 aliphatic rings. The molecule has 0 aliphatic heterocycles. The van der Waals surface area contributed by atoms with Crippen LogP contribution in [0.25, 0.3) is 11.6 Å². The van der Waals surface area contributed by atoms with E-state index < -0.39 is 11.8 Å². The van der Waals surface area contributed by atoms with Crippen molar-refractivity contribution in [3.05, 3.63) is 60.0 Å². The highest BCUT2D eigenvalue weighted by atomic mass is 16.5. The maximum absolute atomic E-state index is 11.9. The maximum Gasteiger partial charge on any atom is 0.313 e. The molecular formula is C17H16O5. The van der Waals surface area contributed by atoms with E-state index in [1.807, 2.05) is 19.1 Å². The number of ketones is 1. The van der Waals surface area contributed by atoms with Gasteiger partial charge in [0.2, 0.25) is 5.78 Å². The molecule has 0 bridgehead atoms. The average molecular weight is 300 g/mol. The van der Waals surface area contributed by atoms with Crippen LogP contribution in [0.15, 0.2) is 46.1 Å². The molecule has 5 nitrogen and oxygen atoms in total. The van der Waals surface area contributed by atoms with E-state index in [2.05, 4.69) is 11.3 Å². The third kappa shape index (κ3) is 3.09. The number of carbonyl (C=O) groups excluding carboxylic acids is 2. The first-order chi connectivity index (χ1) is 10.6. The van der Waals surface area contributed by atoms with Gasteiger partial charge in [0.05, 0.1) is 19.6 Å². The Morgan fingerprint density at radius 3 is 2.77 bits per heavy atom. The van der Waals surface area contributed by atoms with E-state index in [1.54, 1.807) is 18.4 Å². The van der Waals surface area contributed by atoms with Gasteiger partial charge in [0.25, 0.3) is 0 Å². The van der Waals surface area contributed by atoms with Gasteiger partial charge in [-0.15, -0.1) is 0 Å². The number of rotatable bonds is 6. The standard InChI is InChI=1S/C17H16O5/c1-4-12(13-6-7-21-15(13)5-2)11-8-16(22-10-11)14(18)9-17(19)20-3/h4-8,10H,2,9H2,1,3H3/b12-4-. The van der Waals surface area contributed by atoms with Crippen LogP contribution < -0.4 is 0 Å². The van der Waals surface area contributed by atoms with Gasteiger partial charge in [-0.3, -0.25) is 9.59 Å². The predicted molar refractivity (Wildman–Crippen MR) is 81.2 cm³/mol. The highest BCUT2D eigenvalue weighted by Crippen LogP contribution is 2.29. The van der Waals surface area contributed by atoms with E-state index in [4.69, 9.17) is 8.83 Å². The third-order valence-corrected chi connectivity index (χ3v) is 3.18. The Hall–Kier alpha value is -2.82. The van der Waals surface area contributed by atoms with Crippen molar-refractivity contribution >= 4 is 23.4 Å². The van der Waals surface area contributed by atoms with Crippen molar-refractivity contribution in [3.8, 4) is 0 Å². The quantitative estimate of drug-likeness (QED) is 0.462. The van der Waals surface area contributed by atoms with Crippen LogP contribution in [0.4, 0.5) is 0 Å². The summed E-state index contributed by atoms with van der Waals surface area (Å²) in [6, 6.07) is 3.41. The van der Waals surface area contributed by atoms with Gasteiger partial charge in [-0.05, 0) is 30.7 Å². The van der Waals surface area contributed by atoms with Gasteiger partial charge in [-0.2, -0.15) is 0 Å². The van der Waals surface area contributed by atoms with Crippen molar-refractivity contribution in [3.63, 3.8) is 0 Å². The van der Waals surface area contributed by atoms with Gasteiger partial charge in [-0.25, -0.2) is 0 Å². The van der Waals surface area contributed by atoms with Gasteiger partial charge < -0.3 is 13.6 Å². The van der Waals surface area contributed by atoms with Crippen molar-refractivity contribution in [1.82, 2.24) is 0 Å². The Morgan fingerprint density at radius 1 is 1.36 bits per heavy atom. The molecule has 0 spiro atoms. The molecule has 2 aromatic rings. The summed E-state index contributed by atoms with van der Waals surface area (Å²) in [5.74, 6) is -0.275. The number of ether oxygens (including phenoxy) is 1. The summed E-state index contributed by atoms with van der Waals surface area (Å²) in [6.07, 6.45) is 6.19. The van der Waals surface area contributed by atoms with E-state index in [0.717, 1.165) is 16.7 Å². The third-order valence-electron chi connectivity index (χ3n) is 3.18. The molecule has 0 aromatic carbocycles. The van der Waals surface area contributed by atoms with E-state index in [-0.39, 0.29) is 12.2 Å². The number of hydrogen-bond acceptors (Lipinski definition) is 5. The van der Waals surface area contributed by atoms with Gasteiger partial charge >= 0.3 is 5.97 Å². The van der Waals surface area contributed by atoms with Crippen LogP contribution >= 0.6 is 0 Å². The summed E-state index contributed by atoms with van der Waals surface area (Å²) in [5.41, 5.74) is 2.43. The van der Waals surface area contributed by atoms with Crippen molar-refractivity contribution in [2.75, 3.05) is 7.11 Å². The van der Waals surface area contributed by atoms with Gasteiger partial charge in [0.1, 0.15) is 12.2 Å². The first-order valence-electron chi connectivity index (χ1n) is 6.66. The summed E-state index contributed by atoms with van der Waals surface area (Å²) in [4.78, 5) is 23.0. The van der Waals surface area contributed by atoms with Crippen LogP contribution in [0.3, 0.4) is 0 Å². The summed E-state index contributed by atoms with van der Waals surface area (Å²) >= 11 is 0. The van der Waals surface area contributed by atoms with E-state index in [0.29, 0.717) is 5.76 Å². The van der Waals surface area contributed by atoms with Crippen LogP contribution in [0.5, 0.6) is 0 Å². The molecule has 0 radical (unpaired) electrons. The Kier molecular flexibility index (Phi) is 4.78. The largest absolute Gasteiger partial charge is 0.469 e. The Morgan fingerprint density at radius 2 is 2.14 bits per heavy atom. The van der Waals surface area contributed by atoms with Gasteiger partial charge in [0, 0.05) is 11.1 Å². The lowest BCUT2D eigenvalue weighted by Crippen LogP contribution is -2.08. The first-order valence-corrected chi connectivity index (χ1v) is 6.66. The molecule has 0 N–H and O–H groups in total. The highest BCUT2D eigenvalue weighted by molar-refractivity contribution is 6.04. The Labute approximate surface area is 127 Å². The smallest absolute Gasteiger partial charge is 0.313 e. The molecule has 114 valence electrons. The minimum absolute atomic E-state index is 0.114. The molecule has 5 heteroatoms. The van der Waals surface area contributed by atoms with Gasteiger partial charge in [0.15, 0.2) is 5.76 Å². The number of methoxy groups -OCH3 is 1. The highest BCUT2D eigenvalue weighted by Gasteiger charge is 2.18. The monoisotopic (exact) mass is 300 g/mol. The van der Waals surface area contributed by atoms with Crippen molar-refractivity contribution in [1.29, 1.82) is 0 Å².